The highest BCUT2D eigenvalue weighted by molar-refractivity contribution is 6.31. The van der Waals surface area contributed by atoms with Crippen LogP contribution in [0.25, 0.3) is 11.5 Å². The van der Waals surface area contributed by atoms with Crippen LogP contribution in [0.1, 0.15) is 11.1 Å². The van der Waals surface area contributed by atoms with Crippen molar-refractivity contribution in [1.29, 1.82) is 0 Å². The number of hydrogen-bond donors (Lipinski definition) is 0. The van der Waals surface area contributed by atoms with Gasteiger partial charge >= 0.3 is 0 Å². The van der Waals surface area contributed by atoms with Gasteiger partial charge in [-0.25, -0.2) is 9.67 Å². The maximum atomic E-state index is 6.32. The summed E-state index contributed by atoms with van der Waals surface area (Å²) in [7, 11) is 0. The summed E-state index contributed by atoms with van der Waals surface area (Å²) in [5.41, 5.74) is 2.39. The van der Waals surface area contributed by atoms with Crippen LogP contribution < -0.4 is 4.74 Å². The summed E-state index contributed by atoms with van der Waals surface area (Å²) in [6.07, 6.45) is 3.09. The Balaban J connectivity index is 1.94. The van der Waals surface area contributed by atoms with Crippen molar-refractivity contribution in [1.82, 2.24) is 14.8 Å². The first-order chi connectivity index (χ1) is 14.1. The van der Waals surface area contributed by atoms with Crippen molar-refractivity contribution in [2.24, 2.45) is 0 Å². The van der Waals surface area contributed by atoms with Gasteiger partial charge in [0.1, 0.15) is 24.1 Å². The zero-order valence-corrected chi connectivity index (χ0v) is 17.2. The normalized spacial score (nSPS) is 11.8. The highest BCUT2D eigenvalue weighted by Gasteiger charge is 2.18. The largest absolute Gasteiger partial charge is 0.454 e. The minimum atomic E-state index is 0.580. The average molecular weight is 443 g/mol. The van der Waals surface area contributed by atoms with Crippen molar-refractivity contribution in [3.05, 3.63) is 112 Å². The third-order valence-corrected chi connectivity index (χ3v) is 4.88. The molecule has 0 saturated carbocycles. The molecular formula is C22H14Cl3N3O. The summed E-state index contributed by atoms with van der Waals surface area (Å²) in [6, 6.07) is 22.0. The molecule has 0 N–H and O–H groups in total. The van der Waals surface area contributed by atoms with E-state index in [2.05, 4.69) is 10.1 Å². The van der Waals surface area contributed by atoms with Crippen molar-refractivity contribution >= 4 is 46.3 Å². The van der Waals surface area contributed by atoms with Crippen LogP contribution >= 0.6 is 34.8 Å². The number of ether oxygens (including phenoxy) is 1. The Morgan fingerprint density at radius 1 is 0.690 bits per heavy atom. The lowest BCUT2D eigenvalue weighted by molar-refractivity contribution is 0.513. The molecule has 1 heterocycles. The molecule has 29 heavy (non-hydrogen) atoms. The van der Waals surface area contributed by atoms with Gasteiger partial charge < -0.3 is 4.74 Å². The third-order valence-electron chi connectivity index (χ3n) is 4.12. The standard InChI is InChI=1S/C22H14Cl3N3O/c23-17-5-1-15(2-6-17)21(28-14-26-13-27-28)22(16-3-7-18(24)8-4-16)29-20-11-9-19(25)10-12-20/h1-14H. The summed E-state index contributed by atoms with van der Waals surface area (Å²) in [6.45, 7) is 0. The monoisotopic (exact) mass is 441 g/mol. The van der Waals surface area contributed by atoms with Gasteiger partial charge in [-0.05, 0) is 60.7 Å². The van der Waals surface area contributed by atoms with Crippen LogP contribution in [0.15, 0.2) is 85.5 Å². The van der Waals surface area contributed by atoms with Gasteiger partial charge in [0.15, 0.2) is 5.76 Å². The van der Waals surface area contributed by atoms with Crippen LogP contribution in [0.2, 0.25) is 15.1 Å². The van der Waals surface area contributed by atoms with E-state index in [0.717, 1.165) is 11.1 Å². The van der Waals surface area contributed by atoms with Gasteiger partial charge in [-0.1, -0.05) is 46.9 Å². The van der Waals surface area contributed by atoms with E-state index in [1.54, 1.807) is 35.3 Å². The van der Waals surface area contributed by atoms with Gasteiger partial charge in [-0.15, -0.1) is 0 Å². The predicted octanol–water partition coefficient (Wildman–Crippen LogP) is 6.69. The second-order valence-electron chi connectivity index (χ2n) is 6.09. The fourth-order valence-electron chi connectivity index (χ4n) is 2.76. The molecule has 0 amide bonds. The maximum absolute atomic E-state index is 6.32. The Labute approximate surface area is 182 Å². The van der Waals surface area contributed by atoms with Crippen LogP contribution in [0.5, 0.6) is 5.75 Å². The second kappa shape index (κ2) is 8.70. The summed E-state index contributed by atoms with van der Waals surface area (Å²) in [5.74, 6) is 1.21. The van der Waals surface area contributed by atoms with E-state index in [9.17, 15) is 0 Å². The molecule has 4 rings (SSSR count). The minimum absolute atomic E-state index is 0.580. The molecule has 0 spiro atoms. The molecule has 0 aliphatic carbocycles. The number of halogens is 3. The van der Waals surface area contributed by atoms with Crippen LogP contribution in [-0.4, -0.2) is 14.8 Å². The van der Waals surface area contributed by atoms with Gasteiger partial charge in [-0.3, -0.25) is 0 Å². The predicted molar refractivity (Wildman–Crippen MR) is 117 cm³/mol. The lowest BCUT2D eigenvalue weighted by Crippen LogP contribution is -2.08. The molecule has 0 fully saturated rings. The molecule has 0 saturated heterocycles. The van der Waals surface area contributed by atoms with Crippen LogP contribution in [0.4, 0.5) is 0 Å². The fourth-order valence-corrected chi connectivity index (χ4v) is 3.14. The zero-order valence-electron chi connectivity index (χ0n) is 15.0. The Bertz CT molecular complexity index is 1120. The lowest BCUT2D eigenvalue weighted by atomic mass is 10.1. The summed E-state index contributed by atoms with van der Waals surface area (Å²) in [4.78, 5) is 4.09. The third kappa shape index (κ3) is 4.62. The molecule has 0 atom stereocenters. The first kappa shape index (κ1) is 19.5. The van der Waals surface area contributed by atoms with Gasteiger partial charge in [0.25, 0.3) is 0 Å². The van der Waals surface area contributed by atoms with E-state index in [-0.39, 0.29) is 0 Å². The molecule has 4 nitrogen and oxygen atoms in total. The minimum Gasteiger partial charge on any atom is -0.454 e. The van der Waals surface area contributed by atoms with Crippen molar-refractivity contribution in [3.63, 3.8) is 0 Å². The highest BCUT2D eigenvalue weighted by Crippen LogP contribution is 2.32. The molecule has 0 aliphatic rings. The summed E-state index contributed by atoms with van der Waals surface area (Å²) in [5, 5.41) is 6.22. The highest BCUT2D eigenvalue weighted by atomic mass is 35.5. The molecule has 0 aliphatic heterocycles. The van der Waals surface area contributed by atoms with Crippen molar-refractivity contribution in [3.8, 4) is 5.75 Å². The number of nitrogens with zero attached hydrogens (tertiary/aromatic N) is 3. The van der Waals surface area contributed by atoms with Gasteiger partial charge in [0.2, 0.25) is 0 Å². The summed E-state index contributed by atoms with van der Waals surface area (Å²) < 4.78 is 7.98. The Morgan fingerprint density at radius 2 is 1.21 bits per heavy atom. The fraction of sp³-hybridized carbons (Fsp3) is 0. The van der Waals surface area contributed by atoms with Crippen molar-refractivity contribution in [2.75, 3.05) is 0 Å². The SMILES string of the molecule is Clc1ccc(OC(=C(c2ccc(Cl)cc2)n2cncn2)c2ccc(Cl)cc2)cc1. The molecule has 4 aromatic rings. The van der Waals surface area contributed by atoms with Crippen molar-refractivity contribution in [2.45, 2.75) is 0 Å². The van der Waals surface area contributed by atoms with Crippen molar-refractivity contribution < 1.29 is 4.74 Å². The van der Waals surface area contributed by atoms with Gasteiger partial charge in [0.05, 0.1) is 0 Å². The van der Waals surface area contributed by atoms with E-state index in [1.807, 2.05) is 48.5 Å². The molecule has 1 aromatic heterocycles. The number of rotatable bonds is 5. The molecule has 0 radical (unpaired) electrons. The quantitative estimate of drug-likeness (QED) is 0.255. The second-order valence-corrected chi connectivity index (χ2v) is 7.40. The molecule has 7 heteroatoms. The van der Waals surface area contributed by atoms with Crippen LogP contribution in [0, 0.1) is 0 Å². The number of hydrogen-bond acceptors (Lipinski definition) is 3. The molecule has 144 valence electrons. The van der Waals surface area contributed by atoms with E-state index in [4.69, 9.17) is 39.5 Å². The smallest absolute Gasteiger partial charge is 0.160 e. The van der Waals surface area contributed by atoms with E-state index in [1.165, 1.54) is 6.33 Å². The lowest BCUT2D eigenvalue weighted by Gasteiger charge is -2.17. The Hall–Kier alpha value is -2.79. The molecule has 0 unspecified atom stereocenters. The number of aromatic nitrogens is 3. The molecule has 0 bridgehead atoms. The first-order valence-corrected chi connectivity index (χ1v) is 9.78. The van der Waals surface area contributed by atoms with Crippen LogP contribution in [0.3, 0.4) is 0 Å². The number of benzene rings is 3. The van der Waals surface area contributed by atoms with Gasteiger partial charge in [0, 0.05) is 26.2 Å². The Morgan fingerprint density at radius 3 is 1.72 bits per heavy atom. The van der Waals surface area contributed by atoms with Crippen LogP contribution in [-0.2, 0) is 0 Å². The molecule has 3 aromatic carbocycles. The first-order valence-electron chi connectivity index (χ1n) is 8.65. The van der Waals surface area contributed by atoms with Gasteiger partial charge in [-0.2, -0.15) is 5.10 Å². The average Bonchev–Trinajstić information content (AvgIpc) is 3.25. The molecular weight excluding hydrogens is 429 g/mol. The zero-order chi connectivity index (χ0) is 20.2. The van der Waals surface area contributed by atoms with E-state index < -0.39 is 0 Å². The summed E-state index contributed by atoms with van der Waals surface area (Å²) >= 11 is 18.2. The van der Waals surface area contributed by atoms with E-state index >= 15 is 0 Å². The Kier molecular flexibility index (Phi) is 5.86. The van der Waals surface area contributed by atoms with E-state index in [0.29, 0.717) is 32.3 Å². The maximum Gasteiger partial charge on any atom is 0.160 e. The topological polar surface area (TPSA) is 39.9 Å².